The summed E-state index contributed by atoms with van der Waals surface area (Å²) in [6.45, 7) is 4.44. The number of thioether (sulfide) groups is 1. The Morgan fingerprint density at radius 3 is 2.50 bits per heavy atom. The van der Waals surface area contributed by atoms with Crippen molar-refractivity contribution in [2.75, 3.05) is 56.0 Å². The maximum absolute atomic E-state index is 12.4. The van der Waals surface area contributed by atoms with Crippen molar-refractivity contribution in [2.24, 2.45) is 5.92 Å². The molecule has 2 aromatic rings. The van der Waals surface area contributed by atoms with Crippen LogP contribution in [0.3, 0.4) is 0 Å². The lowest BCUT2D eigenvalue weighted by molar-refractivity contribution is -0.122. The molecule has 4 rings (SSSR count). The molecular formula is C22H28N4O3S. The molecule has 0 saturated carbocycles. The second-order valence-electron chi connectivity index (χ2n) is 7.53. The van der Waals surface area contributed by atoms with Crippen molar-refractivity contribution in [3.05, 3.63) is 36.0 Å². The minimum Gasteiger partial charge on any atom is -0.381 e. The minimum atomic E-state index is 0.0288. The normalized spacial score (nSPS) is 17.7. The number of hydrogen-bond acceptors (Lipinski definition) is 7. The predicted molar refractivity (Wildman–Crippen MR) is 120 cm³/mol. The van der Waals surface area contributed by atoms with Crippen LogP contribution in [0.4, 0.5) is 11.5 Å². The largest absolute Gasteiger partial charge is 0.381 e. The standard InChI is InChI=1S/C22H28N4O3S/c1-30-15-19-14-20(26-8-12-29-13-9-26)25-21(23-19)16-2-4-18(5-3-16)24-22(27)17-6-10-28-11-7-17/h2-5,14,17H,6-13,15H2,1H3,(H,24,27). The van der Waals surface area contributed by atoms with Crippen molar-refractivity contribution in [2.45, 2.75) is 18.6 Å². The molecule has 0 aliphatic carbocycles. The van der Waals surface area contributed by atoms with E-state index in [0.717, 1.165) is 67.7 Å². The third kappa shape index (κ3) is 5.30. The third-order valence-electron chi connectivity index (χ3n) is 5.40. The van der Waals surface area contributed by atoms with E-state index in [1.807, 2.05) is 24.3 Å². The second-order valence-corrected chi connectivity index (χ2v) is 8.39. The number of rotatable bonds is 6. The van der Waals surface area contributed by atoms with Gasteiger partial charge in [0, 0.05) is 55.3 Å². The maximum Gasteiger partial charge on any atom is 0.227 e. The predicted octanol–water partition coefficient (Wildman–Crippen LogP) is 3.21. The van der Waals surface area contributed by atoms with Crippen LogP contribution in [-0.2, 0) is 20.0 Å². The minimum absolute atomic E-state index is 0.0288. The summed E-state index contributed by atoms with van der Waals surface area (Å²) in [5.41, 5.74) is 2.76. The Balaban J connectivity index is 1.51. The van der Waals surface area contributed by atoms with E-state index in [4.69, 9.17) is 19.4 Å². The number of nitrogens with zero attached hydrogens (tertiary/aromatic N) is 3. The summed E-state index contributed by atoms with van der Waals surface area (Å²) >= 11 is 1.75. The molecule has 2 fully saturated rings. The highest BCUT2D eigenvalue weighted by Crippen LogP contribution is 2.25. The number of ether oxygens (including phenoxy) is 2. The number of anilines is 2. The fourth-order valence-electron chi connectivity index (χ4n) is 3.70. The second kappa shape index (κ2) is 10.2. The molecule has 7 nitrogen and oxygen atoms in total. The van der Waals surface area contributed by atoms with E-state index < -0.39 is 0 Å². The summed E-state index contributed by atoms with van der Waals surface area (Å²) in [7, 11) is 0. The lowest BCUT2D eigenvalue weighted by Crippen LogP contribution is -2.37. The highest BCUT2D eigenvalue weighted by molar-refractivity contribution is 7.97. The van der Waals surface area contributed by atoms with Crippen molar-refractivity contribution in [1.82, 2.24) is 9.97 Å². The number of carbonyl (C=O) groups is 1. The van der Waals surface area contributed by atoms with Gasteiger partial charge in [-0.2, -0.15) is 11.8 Å². The molecule has 8 heteroatoms. The Bertz CT molecular complexity index is 850. The van der Waals surface area contributed by atoms with Gasteiger partial charge in [-0.1, -0.05) is 0 Å². The lowest BCUT2D eigenvalue weighted by Gasteiger charge is -2.28. The molecule has 1 aromatic carbocycles. The number of nitrogens with one attached hydrogen (secondary N) is 1. The van der Waals surface area contributed by atoms with Crippen LogP contribution in [0.5, 0.6) is 0 Å². The Labute approximate surface area is 181 Å². The molecule has 2 aliphatic heterocycles. The van der Waals surface area contributed by atoms with Crippen LogP contribution in [0, 0.1) is 5.92 Å². The van der Waals surface area contributed by atoms with Gasteiger partial charge >= 0.3 is 0 Å². The van der Waals surface area contributed by atoms with E-state index >= 15 is 0 Å². The molecule has 2 aliphatic rings. The van der Waals surface area contributed by atoms with Crippen LogP contribution >= 0.6 is 11.8 Å². The molecule has 0 spiro atoms. The summed E-state index contributed by atoms with van der Waals surface area (Å²) in [4.78, 5) is 24.3. The van der Waals surface area contributed by atoms with E-state index in [1.54, 1.807) is 11.8 Å². The summed E-state index contributed by atoms with van der Waals surface area (Å²) < 4.78 is 10.8. The SMILES string of the molecule is CSCc1cc(N2CCOCC2)nc(-c2ccc(NC(=O)C3CCOCC3)cc2)n1. The zero-order chi connectivity index (χ0) is 20.8. The number of aromatic nitrogens is 2. The Kier molecular flexibility index (Phi) is 7.20. The fraction of sp³-hybridized carbons (Fsp3) is 0.500. The third-order valence-corrected chi connectivity index (χ3v) is 5.98. The number of morpholine rings is 1. The average molecular weight is 429 g/mol. The maximum atomic E-state index is 12.4. The summed E-state index contributed by atoms with van der Waals surface area (Å²) in [6.07, 6.45) is 3.64. The van der Waals surface area contributed by atoms with Crippen LogP contribution in [0.1, 0.15) is 18.5 Å². The van der Waals surface area contributed by atoms with Crippen LogP contribution in [0.25, 0.3) is 11.4 Å². The first-order chi connectivity index (χ1) is 14.7. The highest BCUT2D eigenvalue weighted by Gasteiger charge is 2.21. The van der Waals surface area contributed by atoms with Gasteiger partial charge in [-0.25, -0.2) is 9.97 Å². The molecule has 1 aromatic heterocycles. The van der Waals surface area contributed by atoms with Crippen molar-refractivity contribution < 1.29 is 14.3 Å². The van der Waals surface area contributed by atoms with E-state index in [0.29, 0.717) is 19.0 Å². The van der Waals surface area contributed by atoms with Gasteiger partial charge in [0.05, 0.1) is 18.9 Å². The van der Waals surface area contributed by atoms with Gasteiger partial charge in [-0.3, -0.25) is 4.79 Å². The zero-order valence-electron chi connectivity index (χ0n) is 17.3. The molecule has 3 heterocycles. The smallest absolute Gasteiger partial charge is 0.227 e. The van der Waals surface area contributed by atoms with Crippen LogP contribution < -0.4 is 10.2 Å². The molecule has 1 amide bonds. The van der Waals surface area contributed by atoms with Gasteiger partial charge in [-0.05, 0) is 43.4 Å². The van der Waals surface area contributed by atoms with Crippen molar-refractivity contribution in [1.29, 1.82) is 0 Å². The van der Waals surface area contributed by atoms with E-state index in [2.05, 4.69) is 22.5 Å². The molecular weight excluding hydrogens is 400 g/mol. The molecule has 0 unspecified atom stereocenters. The number of hydrogen-bond donors (Lipinski definition) is 1. The first-order valence-electron chi connectivity index (χ1n) is 10.4. The lowest BCUT2D eigenvalue weighted by atomic mass is 9.99. The highest BCUT2D eigenvalue weighted by atomic mass is 32.2. The molecule has 160 valence electrons. The first kappa shape index (κ1) is 21.1. The van der Waals surface area contributed by atoms with Gasteiger partial charge in [0.1, 0.15) is 5.82 Å². The molecule has 0 radical (unpaired) electrons. The van der Waals surface area contributed by atoms with E-state index in [-0.39, 0.29) is 11.8 Å². The summed E-state index contributed by atoms with van der Waals surface area (Å²) in [5.74, 6) is 2.60. The molecule has 2 saturated heterocycles. The van der Waals surface area contributed by atoms with E-state index in [9.17, 15) is 4.79 Å². The Morgan fingerprint density at radius 2 is 1.80 bits per heavy atom. The molecule has 0 atom stereocenters. The fourth-order valence-corrected chi connectivity index (χ4v) is 4.14. The van der Waals surface area contributed by atoms with Crippen molar-refractivity contribution >= 4 is 29.2 Å². The van der Waals surface area contributed by atoms with Gasteiger partial charge in [0.25, 0.3) is 0 Å². The molecule has 1 N–H and O–H groups in total. The molecule has 30 heavy (non-hydrogen) atoms. The monoisotopic (exact) mass is 428 g/mol. The van der Waals surface area contributed by atoms with Crippen LogP contribution in [-0.4, -0.2) is 61.6 Å². The Morgan fingerprint density at radius 1 is 1.10 bits per heavy atom. The number of amides is 1. The quantitative estimate of drug-likeness (QED) is 0.757. The first-order valence-corrected chi connectivity index (χ1v) is 11.8. The zero-order valence-corrected chi connectivity index (χ0v) is 18.1. The van der Waals surface area contributed by atoms with Gasteiger partial charge < -0.3 is 19.7 Å². The van der Waals surface area contributed by atoms with E-state index in [1.165, 1.54) is 0 Å². The summed E-state index contributed by atoms with van der Waals surface area (Å²) in [5, 5.41) is 3.02. The average Bonchev–Trinajstić information content (AvgIpc) is 2.81. The van der Waals surface area contributed by atoms with Gasteiger partial charge in [-0.15, -0.1) is 0 Å². The number of carbonyl (C=O) groups excluding carboxylic acids is 1. The van der Waals surface area contributed by atoms with Crippen molar-refractivity contribution in [3.8, 4) is 11.4 Å². The van der Waals surface area contributed by atoms with Crippen LogP contribution in [0.15, 0.2) is 30.3 Å². The van der Waals surface area contributed by atoms with Gasteiger partial charge in [0.2, 0.25) is 5.91 Å². The number of benzene rings is 1. The van der Waals surface area contributed by atoms with Crippen LogP contribution in [0.2, 0.25) is 0 Å². The Hall–Kier alpha value is -2.16. The van der Waals surface area contributed by atoms with Gasteiger partial charge in [0.15, 0.2) is 5.82 Å². The molecule has 0 bridgehead atoms. The topological polar surface area (TPSA) is 76.6 Å². The van der Waals surface area contributed by atoms with Crippen molar-refractivity contribution in [3.63, 3.8) is 0 Å². The summed E-state index contributed by atoms with van der Waals surface area (Å²) in [6, 6.07) is 9.87.